The van der Waals surface area contributed by atoms with Gasteiger partial charge in [0.15, 0.2) is 0 Å². The van der Waals surface area contributed by atoms with Crippen LogP contribution >= 0.6 is 0 Å². The molecule has 0 atom stereocenters. The summed E-state index contributed by atoms with van der Waals surface area (Å²) >= 11 is 2.58. The number of carbonyl (C=O) groups excluding carboxylic acids is 2. The molecule has 0 bridgehead atoms. The van der Waals surface area contributed by atoms with Crippen LogP contribution in [0.15, 0.2) is 48.5 Å². The summed E-state index contributed by atoms with van der Waals surface area (Å²) in [4.78, 5) is 22.0. The number of hydrogen-bond acceptors (Lipinski definition) is 4. The first kappa shape index (κ1) is 17.0. The minimum Gasteiger partial charge on any atom is -0.545 e. The van der Waals surface area contributed by atoms with Crippen LogP contribution in [0.1, 0.15) is 27.6 Å². The largest absolute Gasteiger partial charge is 0.545 e. The smallest absolute Gasteiger partial charge is 0.0721 e. The fourth-order valence-electron chi connectivity index (χ4n) is 1.79. The monoisotopic (exact) mass is 296 g/mol. The van der Waals surface area contributed by atoms with E-state index in [2.05, 4.69) is 23.2 Å². The second kappa shape index (κ2) is 8.26. The Labute approximate surface area is 131 Å². The third-order valence-corrected chi connectivity index (χ3v) is 2.58. The fraction of sp³-hybridized carbons (Fsp3) is 0.125. The summed E-state index contributed by atoms with van der Waals surface area (Å²) in [5.74, 6) is -2.70. The first-order chi connectivity index (χ1) is 10.0. The molecule has 2 aromatic rings. The molecule has 104 valence electrons. The van der Waals surface area contributed by atoms with Gasteiger partial charge in [-0.3, -0.25) is 0 Å². The summed E-state index contributed by atoms with van der Waals surface area (Å²) < 4.78 is 0. The maximum atomic E-state index is 11.0. The molecule has 2 rings (SSSR count). The molecule has 0 unspecified atom stereocenters. The van der Waals surface area contributed by atoms with Gasteiger partial charge in [-0.15, -0.1) is 0 Å². The topological polar surface area (TPSA) is 80.3 Å². The standard InChI is InChI=1S/C14H10O4.C2H5.Al/c15-13(16)11-7-3-1-5-9(11)10-6-2-4-8-12(10)14(17)18;1-2;/h1-8H,(H,15,16)(H,17,18);1H2,2H3;/q;;+2/p-2. The van der Waals surface area contributed by atoms with Crippen LogP contribution in [0.4, 0.5) is 0 Å². The van der Waals surface area contributed by atoms with Crippen molar-refractivity contribution in [1.82, 2.24) is 0 Å². The van der Waals surface area contributed by atoms with Crippen molar-refractivity contribution in [2.75, 3.05) is 0 Å². The van der Waals surface area contributed by atoms with Crippen molar-refractivity contribution in [3.63, 3.8) is 0 Å². The van der Waals surface area contributed by atoms with Gasteiger partial charge in [0, 0.05) is 11.1 Å². The molecule has 0 fully saturated rings. The zero-order valence-corrected chi connectivity index (χ0v) is 12.7. The average molecular weight is 296 g/mol. The summed E-state index contributed by atoms with van der Waals surface area (Å²) in [6.07, 6.45) is 0. The van der Waals surface area contributed by atoms with Crippen molar-refractivity contribution < 1.29 is 19.8 Å². The van der Waals surface area contributed by atoms with Crippen LogP contribution < -0.4 is 10.2 Å². The summed E-state index contributed by atoms with van der Waals surface area (Å²) in [5.41, 5.74) is 0.506. The van der Waals surface area contributed by atoms with Crippen molar-refractivity contribution >= 4 is 28.2 Å². The van der Waals surface area contributed by atoms with Crippen LogP contribution in [-0.4, -0.2) is 28.2 Å². The molecule has 0 N–H and O–H groups in total. The zero-order chi connectivity index (χ0) is 15.8. The first-order valence-corrected chi connectivity index (χ1v) is 7.15. The fourth-order valence-corrected chi connectivity index (χ4v) is 1.79. The van der Waals surface area contributed by atoms with Gasteiger partial charge in [-0.05, 0) is 11.1 Å². The molecule has 4 nitrogen and oxygen atoms in total. The number of carbonyl (C=O) groups is 2. The Morgan fingerprint density at radius 2 is 1.14 bits per heavy atom. The molecule has 0 heterocycles. The molecule has 0 amide bonds. The SMILES string of the molecule is C[CH2][Al+2].O=C([O-])c1ccccc1-c1ccccc1C(=O)[O-]. The molecule has 0 aliphatic heterocycles. The van der Waals surface area contributed by atoms with E-state index in [1.165, 1.54) is 29.5 Å². The first-order valence-electron chi connectivity index (χ1n) is 6.34. The Balaban J connectivity index is 0.000000677. The van der Waals surface area contributed by atoms with Crippen molar-refractivity contribution in [2.24, 2.45) is 0 Å². The Morgan fingerprint density at radius 1 is 0.857 bits per heavy atom. The molecule has 0 saturated carbocycles. The molecule has 21 heavy (non-hydrogen) atoms. The quantitative estimate of drug-likeness (QED) is 0.780. The Hall–Kier alpha value is -2.09. The van der Waals surface area contributed by atoms with Gasteiger partial charge in [-0.2, -0.15) is 0 Å². The van der Waals surface area contributed by atoms with E-state index in [0.717, 1.165) is 0 Å². The molecular weight excluding hydrogens is 283 g/mol. The van der Waals surface area contributed by atoms with Crippen molar-refractivity contribution in [3.8, 4) is 11.1 Å². The van der Waals surface area contributed by atoms with Crippen molar-refractivity contribution in [2.45, 2.75) is 12.2 Å². The minimum absolute atomic E-state index is 0.0498. The number of carboxylic acids is 2. The third-order valence-electron chi connectivity index (χ3n) is 2.58. The Bertz CT molecular complexity index is 582. The van der Waals surface area contributed by atoms with Gasteiger partial charge in [0.2, 0.25) is 0 Å². The molecule has 0 aliphatic rings. The zero-order valence-electron chi connectivity index (χ0n) is 11.5. The molecule has 5 heteroatoms. The van der Waals surface area contributed by atoms with Crippen LogP contribution in [0.3, 0.4) is 0 Å². The van der Waals surface area contributed by atoms with Crippen molar-refractivity contribution in [3.05, 3.63) is 59.7 Å². The summed E-state index contributed by atoms with van der Waals surface area (Å²) in [7, 11) is 0. The van der Waals surface area contributed by atoms with E-state index in [1.54, 1.807) is 24.3 Å². The van der Waals surface area contributed by atoms with Crippen LogP contribution in [0, 0.1) is 0 Å². The van der Waals surface area contributed by atoms with E-state index in [0.29, 0.717) is 11.1 Å². The molecule has 0 spiro atoms. The molecule has 0 aliphatic carbocycles. The normalized spacial score (nSPS) is 9.48. The van der Waals surface area contributed by atoms with E-state index in [1.807, 2.05) is 0 Å². The van der Waals surface area contributed by atoms with E-state index in [4.69, 9.17) is 0 Å². The summed E-state index contributed by atoms with van der Waals surface area (Å²) in [6.45, 7) is 2.09. The number of aromatic carboxylic acids is 2. The van der Waals surface area contributed by atoms with E-state index < -0.39 is 11.9 Å². The molecule has 0 radical (unpaired) electrons. The molecular formula is C16H13AlO4. The number of rotatable bonds is 3. The van der Waals surface area contributed by atoms with Crippen LogP contribution in [0.5, 0.6) is 0 Å². The molecule has 2 aromatic carbocycles. The van der Waals surface area contributed by atoms with Gasteiger partial charge < -0.3 is 19.8 Å². The second-order valence-electron chi connectivity index (χ2n) is 4.07. The maximum absolute atomic E-state index is 11.0. The van der Waals surface area contributed by atoms with Gasteiger partial charge in [0.25, 0.3) is 0 Å². The van der Waals surface area contributed by atoms with E-state index >= 15 is 0 Å². The number of benzene rings is 2. The molecule has 0 aromatic heterocycles. The van der Waals surface area contributed by atoms with Gasteiger partial charge in [-0.1, -0.05) is 48.5 Å². The van der Waals surface area contributed by atoms with Gasteiger partial charge in [0.05, 0.1) is 11.9 Å². The van der Waals surface area contributed by atoms with Gasteiger partial charge in [0.1, 0.15) is 0 Å². The van der Waals surface area contributed by atoms with Crippen LogP contribution in [-0.2, 0) is 0 Å². The molecule has 0 saturated heterocycles. The predicted molar refractivity (Wildman–Crippen MR) is 76.8 cm³/mol. The Morgan fingerprint density at radius 3 is 1.43 bits per heavy atom. The predicted octanol–water partition coefficient (Wildman–Crippen LogP) is 0.674. The Kier molecular flexibility index (Phi) is 6.67. The maximum Gasteiger partial charge on any atom is 0.0721 e. The third kappa shape index (κ3) is 4.45. The van der Waals surface area contributed by atoms with Crippen LogP contribution in [0.25, 0.3) is 11.1 Å². The van der Waals surface area contributed by atoms with Crippen LogP contribution in [0.2, 0.25) is 5.28 Å². The van der Waals surface area contributed by atoms with Gasteiger partial charge >= 0.3 is 28.5 Å². The number of carboxylic acid groups (broad SMARTS) is 2. The average Bonchev–Trinajstić information content (AvgIpc) is 2.48. The second-order valence-corrected chi connectivity index (χ2v) is 4.89. The van der Waals surface area contributed by atoms with E-state index in [9.17, 15) is 19.8 Å². The van der Waals surface area contributed by atoms with E-state index in [-0.39, 0.29) is 11.1 Å². The summed E-state index contributed by atoms with van der Waals surface area (Å²) in [6, 6.07) is 12.2. The number of hydrogen-bond donors (Lipinski definition) is 0. The van der Waals surface area contributed by atoms with Crippen molar-refractivity contribution in [1.29, 1.82) is 0 Å². The van der Waals surface area contributed by atoms with Gasteiger partial charge in [-0.25, -0.2) is 0 Å². The summed E-state index contributed by atoms with van der Waals surface area (Å²) in [5, 5.41) is 23.2. The minimum atomic E-state index is -1.35.